The zero-order valence-corrected chi connectivity index (χ0v) is 11.8. The number of nitrogens with zero attached hydrogens (tertiary/aromatic N) is 2. The van der Waals surface area contributed by atoms with E-state index in [1.165, 1.54) is 11.3 Å². The van der Waals surface area contributed by atoms with Crippen LogP contribution >= 0.6 is 0 Å². The zero-order valence-electron chi connectivity index (χ0n) is 11.8. The molecule has 2 rings (SSSR count). The van der Waals surface area contributed by atoms with Crippen molar-refractivity contribution in [1.29, 1.82) is 0 Å². The second kappa shape index (κ2) is 6.06. The van der Waals surface area contributed by atoms with Crippen LogP contribution < -0.4 is 10.6 Å². The highest BCUT2D eigenvalue weighted by Crippen LogP contribution is 2.29. The molecule has 1 aliphatic rings. The minimum Gasteiger partial charge on any atom is -0.378 e. The number of amides is 1. The van der Waals surface area contributed by atoms with Crippen LogP contribution in [0.5, 0.6) is 0 Å². The Morgan fingerprint density at radius 3 is 2.37 bits per heavy atom. The van der Waals surface area contributed by atoms with Crippen LogP contribution in [0.25, 0.3) is 0 Å². The van der Waals surface area contributed by atoms with Gasteiger partial charge in [-0.25, -0.2) is 0 Å². The normalized spacial score (nSPS) is 14.3. The molecule has 0 aromatic heterocycles. The Labute approximate surface area is 115 Å². The van der Waals surface area contributed by atoms with E-state index in [-0.39, 0.29) is 5.91 Å². The van der Waals surface area contributed by atoms with Crippen molar-refractivity contribution in [3.05, 3.63) is 29.8 Å². The third kappa shape index (κ3) is 3.70. The highest BCUT2D eigenvalue weighted by Gasteiger charge is 2.31. The van der Waals surface area contributed by atoms with Crippen molar-refractivity contribution >= 4 is 11.6 Å². The Morgan fingerprint density at radius 2 is 1.89 bits per heavy atom. The Kier molecular flexibility index (Phi) is 4.43. The average molecular weight is 261 g/mol. The maximum absolute atomic E-state index is 12.0. The summed E-state index contributed by atoms with van der Waals surface area (Å²) in [6.45, 7) is 1.14. The maximum atomic E-state index is 12.0. The fraction of sp³-hybridized carbons (Fsp3) is 0.533. The van der Waals surface area contributed by atoms with Crippen LogP contribution in [-0.4, -0.2) is 37.5 Å². The van der Waals surface area contributed by atoms with Gasteiger partial charge in [-0.15, -0.1) is 0 Å². The summed E-state index contributed by atoms with van der Waals surface area (Å²) in [6, 6.07) is 8.82. The van der Waals surface area contributed by atoms with Gasteiger partial charge in [0.25, 0.3) is 0 Å². The standard InChI is InChI=1S/C15H23N3O/c1-17(2)13-5-3-12(4-6-13)11-18(14-7-8-14)15(19)9-10-16/h3-6,14H,7-11,16H2,1-2H3. The third-order valence-electron chi connectivity index (χ3n) is 3.47. The summed E-state index contributed by atoms with van der Waals surface area (Å²) in [5.74, 6) is 0.182. The van der Waals surface area contributed by atoms with Crippen molar-refractivity contribution in [2.75, 3.05) is 25.5 Å². The van der Waals surface area contributed by atoms with Gasteiger partial charge in [-0.2, -0.15) is 0 Å². The molecule has 0 radical (unpaired) electrons. The first-order valence-corrected chi connectivity index (χ1v) is 6.87. The van der Waals surface area contributed by atoms with Gasteiger partial charge in [-0.05, 0) is 30.5 Å². The lowest BCUT2D eigenvalue weighted by molar-refractivity contribution is -0.132. The lowest BCUT2D eigenvalue weighted by Gasteiger charge is -2.23. The van der Waals surface area contributed by atoms with Gasteiger partial charge >= 0.3 is 0 Å². The molecule has 2 N–H and O–H groups in total. The number of carbonyl (C=O) groups is 1. The van der Waals surface area contributed by atoms with Crippen LogP contribution in [0, 0.1) is 0 Å². The van der Waals surface area contributed by atoms with E-state index in [0.717, 1.165) is 12.8 Å². The first kappa shape index (κ1) is 13.9. The first-order chi connectivity index (χ1) is 9.11. The first-order valence-electron chi connectivity index (χ1n) is 6.87. The number of nitrogens with two attached hydrogens (primary N) is 1. The summed E-state index contributed by atoms with van der Waals surface area (Å²) >= 11 is 0. The van der Waals surface area contributed by atoms with Crippen LogP contribution in [0.15, 0.2) is 24.3 Å². The van der Waals surface area contributed by atoms with Crippen molar-refractivity contribution in [2.45, 2.75) is 31.8 Å². The van der Waals surface area contributed by atoms with Crippen LogP contribution in [0.3, 0.4) is 0 Å². The molecule has 0 bridgehead atoms. The lowest BCUT2D eigenvalue weighted by Crippen LogP contribution is -2.33. The molecule has 1 aromatic rings. The minimum absolute atomic E-state index is 0.182. The van der Waals surface area contributed by atoms with E-state index in [1.807, 2.05) is 19.0 Å². The predicted octanol–water partition coefficient (Wildman–Crippen LogP) is 1.59. The van der Waals surface area contributed by atoms with E-state index in [0.29, 0.717) is 25.6 Å². The molecule has 1 saturated carbocycles. The SMILES string of the molecule is CN(C)c1ccc(CN(C(=O)CCN)C2CC2)cc1. The average Bonchev–Trinajstić information content (AvgIpc) is 3.21. The fourth-order valence-corrected chi connectivity index (χ4v) is 2.17. The zero-order chi connectivity index (χ0) is 13.8. The highest BCUT2D eigenvalue weighted by atomic mass is 16.2. The molecule has 0 heterocycles. The Bertz CT molecular complexity index is 424. The monoisotopic (exact) mass is 261 g/mol. The molecule has 1 aromatic carbocycles. The van der Waals surface area contributed by atoms with Crippen molar-refractivity contribution in [2.24, 2.45) is 5.73 Å². The third-order valence-corrected chi connectivity index (χ3v) is 3.47. The molecule has 19 heavy (non-hydrogen) atoms. The Hall–Kier alpha value is -1.55. The van der Waals surface area contributed by atoms with Crippen LogP contribution in [0.2, 0.25) is 0 Å². The van der Waals surface area contributed by atoms with Gasteiger partial charge in [0.05, 0.1) is 0 Å². The molecule has 4 heteroatoms. The Morgan fingerprint density at radius 1 is 1.26 bits per heavy atom. The summed E-state index contributed by atoms with van der Waals surface area (Å²) in [7, 11) is 4.05. The van der Waals surface area contributed by atoms with Gasteiger partial charge in [0.2, 0.25) is 5.91 Å². The van der Waals surface area contributed by atoms with Gasteiger partial charge in [0.15, 0.2) is 0 Å². The van der Waals surface area contributed by atoms with Gasteiger partial charge in [0, 0.05) is 45.3 Å². The van der Waals surface area contributed by atoms with E-state index >= 15 is 0 Å². The largest absolute Gasteiger partial charge is 0.378 e. The van der Waals surface area contributed by atoms with E-state index in [9.17, 15) is 4.79 Å². The summed E-state index contributed by atoms with van der Waals surface area (Å²) < 4.78 is 0. The number of hydrogen-bond acceptors (Lipinski definition) is 3. The fourth-order valence-electron chi connectivity index (χ4n) is 2.17. The van der Waals surface area contributed by atoms with Gasteiger partial charge in [-0.3, -0.25) is 4.79 Å². The second-order valence-electron chi connectivity index (χ2n) is 5.35. The molecular formula is C15H23N3O. The predicted molar refractivity (Wildman–Crippen MR) is 78.0 cm³/mol. The van der Waals surface area contributed by atoms with Gasteiger partial charge in [-0.1, -0.05) is 12.1 Å². The number of rotatable bonds is 6. The maximum Gasteiger partial charge on any atom is 0.224 e. The molecule has 0 unspecified atom stereocenters. The van der Waals surface area contributed by atoms with Crippen molar-refractivity contribution in [1.82, 2.24) is 4.90 Å². The van der Waals surface area contributed by atoms with Crippen molar-refractivity contribution in [3.63, 3.8) is 0 Å². The summed E-state index contributed by atoms with van der Waals surface area (Å²) in [4.78, 5) is 16.1. The number of carbonyl (C=O) groups excluding carboxylic acids is 1. The van der Waals surface area contributed by atoms with Crippen LogP contribution in [0.1, 0.15) is 24.8 Å². The molecule has 0 saturated heterocycles. The molecular weight excluding hydrogens is 238 g/mol. The summed E-state index contributed by atoms with van der Waals surface area (Å²) in [5, 5.41) is 0. The van der Waals surface area contributed by atoms with Gasteiger partial charge < -0.3 is 15.5 Å². The summed E-state index contributed by atoms with van der Waals surface area (Å²) in [6.07, 6.45) is 2.71. The van der Waals surface area contributed by atoms with E-state index < -0.39 is 0 Å². The number of anilines is 1. The van der Waals surface area contributed by atoms with E-state index in [1.54, 1.807) is 0 Å². The summed E-state index contributed by atoms with van der Waals surface area (Å²) in [5.41, 5.74) is 7.84. The van der Waals surface area contributed by atoms with E-state index in [4.69, 9.17) is 5.73 Å². The van der Waals surface area contributed by atoms with Crippen LogP contribution in [-0.2, 0) is 11.3 Å². The quantitative estimate of drug-likeness (QED) is 0.846. The van der Waals surface area contributed by atoms with E-state index in [2.05, 4.69) is 29.2 Å². The molecule has 1 amide bonds. The van der Waals surface area contributed by atoms with Crippen molar-refractivity contribution in [3.8, 4) is 0 Å². The molecule has 1 aliphatic carbocycles. The number of hydrogen-bond donors (Lipinski definition) is 1. The Balaban J connectivity index is 2.02. The van der Waals surface area contributed by atoms with Crippen LogP contribution in [0.4, 0.5) is 5.69 Å². The van der Waals surface area contributed by atoms with Gasteiger partial charge in [0.1, 0.15) is 0 Å². The smallest absolute Gasteiger partial charge is 0.224 e. The lowest BCUT2D eigenvalue weighted by atomic mass is 10.1. The molecule has 104 valence electrons. The van der Waals surface area contributed by atoms with Crippen molar-refractivity contribution < 1.29 is 4.79 Å². The number of benzene rings is 1. The molecule has 0 spiro atoms. The molecule has 1 fully saturated rings. The molecule has 4 nitrogen and oxygen atoms in total. The second-order valence-corrected chi connectivity index (χ2v) is 5.35. The highest BCUT2D eigenvalue weighted by molar-refractivity contribution is 5.77. The molecule has 0 aliphatic heterocycles. The minimum atomic E-state index is 0.182. The molecule has 0 atom stereocenters. The topological polar surface area (TPSA) is 49.6 Å².